The number of hydrogen-bond acceptors (Lipinski definition) is 2. The maximum atomic E-state index is 5.39. The van der Waals surface area contributed by atoms with E-state index in [-0.39, 0.29) is 0 Å². The van der Waals surface area contributed by atoms with Crippen molar-refractivity contribution in [3.63, 3.8) is 0 Å². The van der Waals surface area contributed by atoms with E-state index in [4.69, 9.17) is 4.74 Å². The number of fused-ring (bicyclic) bond motifs is 1. The van der Waals surface area contributed by atoms with E-state index < -0.39 is 0 Å². The Morgan fingerprint density at radius 2 is 1.91 bits per heavy atom. The van der Waals surface area contributed by atoms with Gasteiger partial charge in [0.1, 0.15) is 5.75 Å². The summed E-state index contributed by atoms with van der Waals surface area (Å²) >= 11 is 0. The second kappa shape index (κ2) is 6.97. The first-order chi connectivity index (χ1) is 10.8. The highest BCUT2D eigenvalue weighted by molar-refractivity contribution is 5.37. The molecule has 2 nitrogen and oxygen atoms in total. The summed E-state index contributed by atoms with van der Waals surface area (Å²) < 4.78 is 5.39. The van der Waals surface area contributed by atoms with Crippen LogP contribution in [-0.4, -0.2) is 13.2 Å². The van der Waals surface area contributed by atoms with Gasteiger partial charge in [-0.15, -0.1) is 0 Å². The first-order valence-corrected chi connectivity index (χ1v) is 8.23. The molecule has 0 bridgehead atoms. The summed E-state index contributed by atoms with van der Waals surface area (Å²) in [5, 5.41) is 3.81. The first kappa shape index (κ1) is 15.1. The molecule has 2 aromatic rings. The largest absolute Gasteiger partial charge is 0.497 e. The molecule has 2 atom stereocenters. The molecule has 0 unspecified atom stereocenters. The number of aryl methyl sites for hydroxylation is 1. The second-order valence-electron chi connectivity index (χ2n) is 6.23. The van der Waals surface area contributed by atoms with Gasteiger partial charge in [0.15, 0.2) is 0 Å². The van der Waals surface area contributed by atoms with Gasteiger partial charge >= 0.3 is 0 Å². The van der Waals surface area contributed by atoms with Crippen LogP contribution < -0.4 is 10.1 Å². The summed E-state index contributed by atoms with van der Waals surface area (Å²) in [6.45, 7) is 2.26. The summed E-state index contributed by atoms with van der Waals surface area (Å²) in [5.74, 6) is 0.968. The highest BCUT2D eigenvalue weighted by Gasteiger charge is 2.19. The van der Waals surface area contributed by atoms with Crippen LogP contribution >= 0.6 is 0 Å². The molecule has 0 saturated carbocycles. The minimum atomic E-state index is 0.387. The smallest absolute Gasteiger partial charge is 0.119 e. The third-order valence-electron chi connectivity index (χ3n) is 4.66. The quantitative estimate of drug-likeness (QED) is 0.849. The van der Waals surface area contributed by atoms with Crippen molar-refractivity contribution in [3.8, 4) is 5.75 Å². The van der Waals surface area contributed by atoms with Crippen LogP contribution in [0.3, 0.4) is 0 Å². The fourth-order valence-electron chi connectivity index (χ4n) is 3.40. The summed E-state index contributed by atoms with van der Waals surface area (Å²) in [4.78, 5) is 0. The molecule has 0 aliphatic heterocycles. The van der Waals surface area contributed by atoms with E-state index >= 15 is 0 Å². The van der Waals surface area contributed by atoms with Gasteiger partial charge in [0, 0.05) is 12.1 Å². The molecule has 0 aromatic heterocycles. The average Bonchev–Trinajstić information content (AvgIpc) is 2.76. The fraction of sp³-hybridized carbons (Fsp3) is 0.400. The molecule has 1 aliphatic rings. The maximum Gasteiger partial charge on any atom is 0.119 e. The van der Waals surface area contributed by atoms with Crippen LogP contribution in [0.2, 0.25) is 0 Å². The van der Waals surface area contributed by atoms with Gasteiger partial charge in [0.2, 0.25) is 0 Å². The maximum absolute atomic E-state index is 5.39. The lowest BCUT2D eigenvalue weighted by molar-refractivity contribution is 0.412. The van der Waals surface area contributed by atoms with Crippen molar-refractivity contribution in [2.24, 2.45) is 0 Å². The topological polar surface area (TPSA) is 21.3 Å². The number of methoxy groups -OCH3 is 1. The van der Waals surface area contributed by atoms with E-state index in [1.165, 1.54) is 36.0 Å². The Hall–Kier alpha value is -1.80. The van der Waals surface area contributed by atoms with Gasteiger partial charge in [-0.05, 0) is 61.4 Å². The molecule has 116 valence electrons. The average molecular weight is 295 g/mol. The summed E-state index contributed by atoms with van der Waals surface area (Å²) in [5.41, 5.74) is 4.28. The molecule has 1 N–H and O–H groups in total. The molecule has 22 heavy (non-hydrogen) atoms. The van der Waals surface area contributed by atoms with Crippen molar-refractivity contribution >= 4 is 0 Å². The molecule has 2 aromatic carbocycles. The van der Waals surface area contributed by atoms with E-state index in [0.29, 0.717) is 12.1 Å². The van der Waals surface area contributed by atoms with E-state index in [0.717, 1.165) is 12.2 Å². The van der Waals surface area contributed by atoms with Gasteiger partial charge in [0.05, 0.1) is 7.11 Å². The van der Waals surface area contributed by atoms with Crippen LogP contribution in [-0.2, 0) is 12.8 Å². The molecule has 0 heterocycles. The Kier molecular flexibility index (Phi) is 4.79. The van der Waals surface area contributed by atoms with Crippen molar-refractivity contribution in [1.82, 2.24) is 5.32 Å². The molecule has 0 spiro atoms. The Labute approximate surface area is 133 Å². The number of rotatable bonds is 4. The first-order valence-electron chi connectivity index (χ1n) is 8.23. The zero-order chi connectivity index (χ0) is 15.4. The highest BCUT2D eigenvalue weighted by atomic mass is 16.5. The second-order valence-corrected chi connectivity index (χ2v) is 6.23. The van der Waals surface area contributed by atoms with Gasteiger partial charge in [0.25, 0.3) is 0 Å². The van der Waals surface area contributed by atoms with Gasteiger partial charge in [-0.3, -0.25) is 0 Å². The normalized spacial score (nSPS) is 19.1. The minimum absolute atomic E-state index is 0.387. The fourth-order valence-corrected chi connectivity index (χ4v) is 3.40. The summed E-state index contributed by atoms with van der Waals surface area (Å²) in [6, 6.07) is 18.1. The standard InChI is InChI=1S/C20H25NO/c1-15(16-7-4-3-5-8-16)21-19-10-6-9-17-11-12-20(22-2)14-18(17)13-19/h3-5,7-8,11-12,14-15,19,21H,6,9-10,13H2,1-2H3/t15-,19-/m0/s1. The number of nitrogens with one attached hydrogen (secondary N) is 1. The van der Waals surface area contributed by atoms with Crippen LogP contribution in [0.5, 0.6) is 5.75 Å². The van der Waals surface area contributed by atoms with Crippen molar-refractivity contribution < 1.29 is 4.74 Å². The zero-order valence-electron chi connectivity index (χ0n) is 13.5. The minimum Gasteiger partial charge on any atom is -0.497 e. The number of ether oxygens (including phenoxy) is 1. The van der Waals surface area contributed by atoms with Gasteiger partial charge in [-0.25, -0.2) is 0 Å². The molecule has 3 rings (SSSR count). The summed E-state index contributed by atoms with van der Waals surface area (Å²) in [7, 11) is 1.74. The molecule has 2 heteroatoms. The molecular formula is C20H25NO. The SMILES string of the molecule is COc1ccc2c(c1)C[C@@H](N[C@@H](C)c1ccccc1)CCC2. The number of hydrogen-bond donors (Lipinski definition) is 1. The van der Waals surface area contributed by atoms with Crippen molar-refractivity contribution in [2.75, 3.05) is 7.11 Å². The van der Waals surface area contributed by atoms with Gasteiger partial charge in [-0.2, -0.15) is 0 Å². The Bertz CT molecular complexity index is 608. The highest BCUT2D eigenvalue weighted by Crippen LogP contribution is 2.26. The predicted octanol–water partition coefficient (Wildman–Crippen LogP) is 4.29. The zero-order valence-corrected chi connectivity index (χ0v) is 13.5. The molecule has 0 amide bonds. The van der Waals surface area contributed by atoms with Gasteiger partial charge in [-0.1, -0.05) is 36.4 Å². The lowest BCUT2D eigenvalue weighted by Gasteiger charge is -2.23. The van der Waals surface area contributed by atoms with Crippen LogP contribution in [0.25, 0.3) is 0 Å². The monoisotopic (exact) mass is 295 g/mol. The molecule has 0 saturated heterocycles. The Morgan fingerprint density at radius 3 is 2.68 bits per heavy atom. The van der Waals surface area contributed by atoms with Crippen molar-refractivity contribution in [1.29, 1.82) is 0 Å². The van der Waals surface area contributed by atoms with Crippen LogP contribution in [0.15, 0.2) is 48.5 Å². The van der Waals surface area contributed by atoms with Crippen molar-refractivity contribution in [3.05, 3.63) is 65.2 Å². The number of benzene rings is 2. The third-order valence-corrected chi connectivity index (χ3v) is 4.66. The lowest BCUT2D eigenvalue weighted by Crippen LogP contribution is -2.33. The molecular weight excluding hydrogens is 270 g/mol. The van der Waals surface area contributed by atoms with Crippen LogP contribution in [0.1, 0.15) is 42.5 Å². The van der Waals surface area contributed by atoms with E-state index in [1.54, 1.807) is 7.11 Å². The Morgan fingerprint density at radius 1 is 1.09 bits per heavy atom. The van der Waals surface area contributed by atoms with Crippen LogP contribution in [0.4, 0.5) is 0 Å². The Balaban J connectivity index is 1.72. The van der Waals surface area contributed by atoms with E-state index in [2.05, 4.69) is 60.8 Å². The molecule has 0 fully saturated rings. The van der Waals surface area contributed by atoms with E-state index in [1.807, 2.05) is 0 Å². The van der Waals surface area contributed by atoms with Gasteiger partial charge < -0.3 is 10.1 Å². The third kappa shape index (κ3) is 3.50. The van der Waals surface area contributed by atoms with Crippen LogP contribution in [0, 0.1) is 0 Å². The summed E-state index contributed by atoms with van der Waals surface area (Å²) in [6.07, 6.45) is 4.74. The van der Waals surface area contributed by atoms with Crippen molar-refractivity contribution in [2.45, 2.75) is 44.7 Å². The predicted molar refractivity (Wildman–Crippen MR) is 91.4 cm³/mol. The van der Waals surface area contributed by atoms with E-state index in [9.17, 15) is 0 Å². The lowest BCUT2D eigenvalue weighted by atomic mass is 10.00. The molecule has 0 radical (unpaired) electrons. The molecule has 1 aliphatic carbocycles.